The number of nitrogens with zero attached hydrogens (tertiary/aromatic N) is 1. The molecule has 0 saturated carbocycles. The lowest BCUT2D eigenvalue weighted by Gasteiger charge is -2.12. The molecule has 124 valence electrons. The van der Waals surface area contributed by atoms with Crippen molar-refractivity contribution in [1.82, 2.24) is 4.72 Å². The van der Waals surface area contributed by atoms with E-state index in [0.717, 1.165) is 18.5 Å². The van der Waals surface area contributed by atoms with Gasteiger partial charge in [0.05, 0.1) is 4.90 Å². The number of aryl methyl sites for hydroxylation is 1. The quantitative estimate of drug-likeness (QED) is 0.778. The molecular weight excluding hydrogens is 332 g/mol. The molecule has 0 aliphatic carbocycles. The number of sulfonamides is 1. The number of nitrogens with one attached hydrogen (secondary N) is 1. The Hall–Kier alpha value is -1.56. The monoisotopic (exact) mass is 352 g/mol. The van der Waals surface area contributed by atoms with Crippen molar-refractivity contribution in [3.63, 3.8) is 0 Å². The van der Waals surface area contributed by atoms with Crippen molar-refractivity contribution in [1.29, 1.82) is 0 Å². The number of rotatable bonds is 7. The topological polar surface area (TPSA) is 49.4 Å². The number of hydrogen-bond acceptors (Lipinski definition) is 3. The molecule has 0 aliphatic rings. The van der Waals surface area contributed by atoms with Crippen molar-refractivity contribution in [2.24, 2.45) is 0 Å². The molecule has 0 aliphatic heterocycles. The molecule has 0 bridgehead atoms. The van der Waals surface area contributed by atoms with Crippen LogP contribution in [0.5, 0.6) is 0 Å². The summed E-state index contributed by atoms with van der Waals surface area (Å²) in [6.07, 6.45) is 1.56. The van der Waals surface area contributed by atoms with Crippen molar-refractivity contribution in [3.8, 4) is 0 Å². The first-order valence-electron chi connectivity index (χ1n) is 7.40. The maximum absolute atomic E-state index is 12.1. The second-order valence-corrected chi connectivity index (χ2v) is 7.72. The lowest BCUT2D eigenvalue weighted by atomic mass is 10.1. The molecule has 0 radical (unpaired) electrons. The maximum atomic E-state index is 12.1. The number of halogens is 1. The first-order valence-corrected chi connectivity index (χ1v) is 9.26. The maximum Gasteiger partial charge on any atom is 0.240 e. The van der Waals surface area contributed by atoms with Gasteiger partial charge in [0.2, 0.25) is 10.0 Å². The highest BCUT2D eigenvalue weighted by Gasteiger charge is 2.13. The van der Waals surface area contributed by atoms with Crippen molar-refractivity contribution in [2.75, 3.05) is 25.5 Å². The number of hydrogen-bond donors (Lipinski definition) is 1. The van der Waals surface area contributed by atoms with E-state index in [1.165, 1.54) is 17.7 Å². The van der Waals surface area contributed by atoms with Crippen LogP contribution in [0.25, 0.3) is 0 Å². The summed E-state index contributed by atoms with van der Waals surface area (Å²) in [5.74, 6) is 0. The molecular formula is C17H21ClN2O2S. The average molecular weight is 353 g/mol. The largest absolute Gasteiger partial charge is 0.378 e. The SMILES string of the molecule is CN(C)c1ccc(CCCNS(=O)(=O)c2cccc(Cl)c2)cc1. The molecule has 0 atom stereocenters. The van der Waals surface area contributed by atoms with Crippen LogP contribution in [0.3, 0.4) is 0 Å². The zero-order chi connectivity index (χ0) is 16.9. The predicted octanol–water partition coefficient (Wildman–Crippen LogP) is 3.32. The zero-order valence-electron chi connectivity index (χ0n) is 13.3. The first kappa shape index (κ1) is 17.8. The van der Waals surface area contributed by atoms with Gasteiger partial charge < -0.3 is 4.90 Å². The Labute approximate surface area is 143 Å². The summed E-state index contributed by atoms with van der Waals surface area (Å²) in [5.41, 5.74) is 2.34. The van der Waals surface area contributed by atoms with Crippen molar-refractivity contribution in [2.45, 2.75) is 17.7 Å². The van der Waals surface area contributed by atoms with Crippen LogP contribution >= 0.6 is 11.6 Å². The second-order valence-electron chi connectivity index (χ2n) is 5.52. The Morgan fingerprint density at radius 3 is 2.39 bits per heavy atom. The van der Waals surface area contributed by atoms with Gasteiger partial charge >= 0.3 is 0 Å². The van der Waals surface area contributed by atoms with E-state index in [1.807, 2.05) is 19.0 Å². The fraction of sp³-hybridized carbons (Fsp3) is 0.294. The Morgan fingerprint density at radius 2 is 1.78 bits per heavy atom. The minimum Gasteiger partial charge on any atom is -0.378 e. The van der Waals surface area contributed by atoms with Crippen LogP contribution < -0.4 is 9.62 Å². The fourth-order valence-electron chi connectivity index (χ4n) is 2.18. The summed E-state index contributed by atoms with van der Waals surface area (Å²) >= 11 is 5.83. The highest BCUT2D eigenvalue weighted by atomic mass is 35.5. The highest BCUT2D eigenvalue weighted by molar-refractivity contribution is 7.89. The fourth-order valence-corrected chi connectivity index (χ4v) is 3.55. The molecule has 1 N–H and O–H groups in total. The molecule has 4 nitrogen and oxygen atoms in total. The molecule has 6 heteroatoms. The third-order valence-electron chi connectivity index (χ3n) is 3.49. The van der Waals surface area contributed by atoms with Crippen molar-refractivity contribution in [3.05, 3.63) is 59.1 Å². The van der Waals surface area contributed by atoms with Gasteiger partial charge in [-0.3, -0.25) is 0 Å². The van der Waals surface area contributed by atoms with Crippen molar-refractivity contribution < 1.29 is 8.42 Å². The van der Waals surface area contributed by atoms with Crippen LogP contribution in [0.4, 0.5) is 5.69 Å². The molecule has 0 saturated heterocycles. The van der Waals surface area contributed by atoms with Crippen LogP contribution in [-0.4, -0.2) is 29.1 Å². The van der Waals surface area contributed by atoms with E-state index in [2.05, 4.69) is 29.0 Å². The van der Waals surface area contributed by atoms with Crippen LogP contribution in [0, 0.1) is 0 Å². The molecule has 0 aromatic heterocycles. The summed E-state index contributed by atoms with van der Waals surface area (Å²) in [5, 5.41) is 0.411. The molecule has 0 heterocycles. The standard InChI is InChI=1S/C17H21ClN2O2S/c1-20(2)16-10-8-14(9-11-16)5-4-12-19-23(21,22)17-7-3-6-15(18)13-17/h3,6-11,13,19H,4-5,12H2,1-2H3. The summed E-state index contributed by atoms with van der Waals surface area (Å²) in [4.78, 5) is 2.24. The Kier molecular flexibility index (Phi) is 6.04. The Bertz CT molecular complexity index is 743. The minimum absolute atomic E-state index is 0.195. The van der Waals surface area contributed by atoms with Gasteiger partial charge in [-0.2, -0.15) is 0 Å². The van der Waals surface area contributed by atoms with Gasteiger partial charge in [0.15, 0.2) is 0 Å². The molecule has 23 heavy (non-hydrogen) atoms. The second kappa shape index (κ2) is 7.81. The Balaban J connectivity index is 1.85. The molecule has 2 aromatic rings. The predicted molar refractivity (Wildman–Crippen MR) is 95.7 cm³/mol. The minimum atomic E-state index is -3.50. The van der Waals surface area contributed by atoms with Gasteiger partial charge in [0, 0.05) is 31.4 Å². The van der Waals surface area contributed by atoms with E-state index in [4.69, 9.17) is 11.6 Å². The number of anilines is 1. The van der Waals surface area contributed by atoms with Gasteiger partial charge in [-0.1, -0.05) is 29.8 Å². The first-order chi connectivity index (χ1) is 10.9. The van der Waals surface area contributed by atoms with Gasteiger partial charge in [-0.25, -0.2) is 13.1 Å². The van der Waals surface area contributed by atoms with Gasteiger partial charge in [-0.05, 0) is 48.7 Å². The van der Waals surface area contributed by atoms with Gasteiger partial charge in [0.25, 0.3) is 0 Å². The lowest BCUT2D eigenvalue weighted by molar-refractivity contribution is 0.579. The Morgan fingerprint density at radius 1 is 1.09 bits per heavy atom. The van der Waals surface area contributed by atoms with E-state index < -0.39 is 10.0 Å². The molecule has 0 spiro atoms. The highest BCUT2D eigenvalue weighted by Crippen LogP contribution is 2.16. The number of benzene rings is 2. The van der Waals surface area contributed by atoms with E-state index in [0.29, 0.717) is 11.6 Å². The van der Waals surface area contributed by atoms with E-state index in [1.54, 1.807) is 12.1 Å². The van der Waals surface area contributed by atoms with Gasteiger partial charge in [-0.15, -0.1) is 0 Å². The molecule has 0 fully saturated rings. The van der Waals surface area contributed by atoms with Gasteiger partial charge in [0.1, 0.15) is 0 Å². The molecule has 2 aromatic carbocycles. The third-order valence-corrected chi connectivity index (χ3v) is 5.19. The third kappa shape index (κ3) is 5.23. The van der Waals surface area contributed by atoms with E-state index >= 15 is 0 Å². The van der Waals surface area contributed by atoms with E-state index in [-0.39, 0.29) is 4.90 Å². The lowest BCUT2D eigenvalue weighted by Crippen LogP contribution is -2.25. The molecule has 2 rings (SSSR count). The smallest absolute Gasteiger partial charge is 0.240 e. The molecule has 0 unspecified atom stereocenters. The average Bonchev–Trinajstić information content (AvgIpc) is 2.52. The molecule has 0 amide bonds. The van der Waals surface area contributed by atoms with Crippen LogP contribution in [0.15, 0.2) is 53.4 Å². The summed E-state index contributed by atoms with van der Waals surface area (Å²) in [6, 6.07) is 14.5. The van der Waals surface area contributed by atoms with E-state index in [9.17, 15) is 8.42 Å². The van der Waals surface area contributed by atoms with Crippen LogP contribution in [-0.2, 0) is 16.4 Å². The van der Waals surface area contributed by atoms with Crippen LogP contribution in [0.2, 0.25) is 5.02 Å². The summed E-state index contributed by atoms with van der Waals surface area (Å²) in [6.45, 7) is 0.393. The zero-order valence-corrected chi connectivity index (χ0v) is 14.9. The summed E-state index contributed by atoms with van der Waals surface area (Å²) in [7, 11) is 0.503. The van der Waals surface area contributed by atoms with Crippen LogP contribution in [0.1, 0.15) is 12.0 Å². The normalized spacial score (nSPS) is 11.4. The summed E-state index contributed by atoms with van der Waals surface area (Å²) < 4.78 is 26.9. The van der Waals surface area contributed by atoms with Crippen molar-refractivity contribution >= 4 is 27.3 Å².